The molecule has 0 saturated carbocycles. The first-order valence-corrected chi connectivity index (χ1v) is 14.4. The van der Waals surface area contributed by atoms with E-state index >= 15 is 0 Å². The number of ether oxygens (including phenoxy) is 2. The van der Waals surface area contributed by atoms with Gasteiger partial charge in [0.1, 0.15) is 16.6 Å². The van der Waals surface area contributed by atoms with E-state index in [-0.39, 0.29) is 30.0 Å². The van der Waals surface area contributed by atoms with Gasteiger partial charge in [0.05, 0.1) is 48.2 Å². The Morgan fingerprint density at radius 2 is 2.03 bits per heavy atom. The molecule has 3 aromatic heterocycles. The van der Waals surface area contributed by atoms with E-state index in [9.17, 15) is 18.3 Å². The van der Waals surface area contributed by atoms with Gasteiger partial charge in [-0.05, 0) is 24.1 Å². The van der Waals surface area contributed by atoms with E-state index in [4.69, 9.17) is 14.5 Å². The molecule has 3 N–H and O–H groups in total. The van der Waals surface area contributed by atoms with Crippen molar-refractivity contribution in [1.29, 1.82) is 0 Å². The van der Waals surface area contributed by atoms with E-state index in [2.05, 4.69) is 20.6 Å². The van der Waals surface area contributed by atoms with Gasteiger partial charge in [-0.25, -0.2) is 23.4 Å². The number of nitrogens with one attached hydrogen (secondary N) is 2. The molecule has 3 aromatic rings. The molecule has 1 saturated heterocycles. The van der Waals surface area contributed by atoms with Crippen LogP contribution >= 0.6 is 11.3 Å². The molecule has 13 heteroatoms. The third kappa shape index (κ3) is 5.36. The average Bonchev–Trinajstić information content (AvgIpc) is 3.51. The molecule has 1 unspecified atom stereocenters. The number of carbonyl (C=O) groups is 1. The molecule has 2 aliphatic rings. The highest BCUT2D eigenvalue weighted by molar-refractivity contribution is 7.90. The Bertz CT molecular complexity index is 1430. The summed E-state index contributed by atoms with van der Waals surface area (Å²) in [6, 6.07) is 4.88. The fraction of sp³-hybridized carbons (Fsp3) is 0.417. The van der Waals surface area contributed by atoms with Crippen molar-refractivity contribution in [2.45, 2.75) is 36.8 Å². The zero-order chi connectivity index (χ0) is 26.2. The number of amides is 1. The molecule has 0 aromatic carbocycles. The lowest BCUT2D eigenvalue weighted by atomic mass is 9.81. The van der Waals surface area contributed by atoms with Crippen LogP contribution in [0.25, 0.3) is 10.6 Å². The normalized spacial score (nSPS) is 19.4. The van der Waals surface area contributed by atoms with Gasteiger partial charge in [-0.3, -0.25) is 4.79 Å². The third-order valence-corrected chi connectivity index (χ3v) is 8.47. The molecule has 37 heavy (non-hydrogen) atoms. The minimum absolute atomic E-state index is 0.119. The first-order chi connectivity index (χ1) is 17.7. The highest BCUT2D eigenvalue weighted by atomic mass is 32.2. The van der Waals surface area contributed by atoms with Crippen LogP contribution in [0.2, 0.25) is 0 Å². The summed E-state index contributed by atoms with van der Waals surface area (Å²) in [4.78, 5) is 26.2. The maximum Gasteiger partial charge on any atom is 0.222 e. The van der Waals surface area contributed by atoms with Crippen molar-refractivity contribution in [3.05, 3.63) is 40.5 Å². The number of fused-ring (bicyclic) bond motifs is 1. The Morgan fingerprint density at radius 3 is 2.70 bits per heavy atom. The molecular weight excluding hydrogens is 518 g/mol. The van der Waals surface area contributed by atoms with Crippen molar-refractivity contribution in [2.75, 3.05) is 43.3 Å². The smallest absolute Gasteiger partial charge is 0.222 e. The predicted octanol–water partition coefficient (Wildman–Crippen LogP) is 2.43. The maximum absolute atomic E-state index is 12.5. The Labute approximate surface area is 218 Å². The number of aromatic nitrogens is 3. The topological polar surface area (TPSA) is 153 Å². The van der Waals surface area contributed by atoms with Crippen LogP contribution in [0.5, 0.6) is 0 Å². The largest absolute Gasteiger partial charge is 0.395 e. The summed E-state index contributed by atoms with van der Waals surface area (Å²) in [6.45, 7) is 3.05. The predicted molar refractivity (Wildman–Crippen MR) is 138 cm³/mol. The second kappa shape index (κ2) is 10.1. The van der Waals surface area contributed by atoms with E-state index in [1.807, 2.05) is 0 Å². The Kier molecular flexibility index (Phi) is 6.98. The zero-order valence-corrected chi connectivity index (χ0v) is 22.0. The molecule has 0 radical (unpaired) electrons. The fourth-order valence-electron chi connectivity index (χ4n) is 4.37. The summed E-state index contributed by atoms with van der Waals surface area (Å²) in [5, 5.41) is 16.7. The Hall–Kier alpha value is -2.97. The number of aliphatic hydroxyl groups excluding tert-OH is 1. The van der Waals surface area contributed by atoms with Crippen molar-refractivity contribution >= 4 is 44.4 Å². The van der Waals surface area contributed by atoms with Gasteiger partial charge in [0.2, 0.25) is 5.91 Å². The molecule has 2 aliphatic heterocycles. The van der Waals surface area contributed by atoms with Gasteiger partial charge in [0.15, 0.2) is 14.9 Å². The number of nitrogens with zero attached hydrogens (tertiary/aromatic N) is 3. The van der Waals surface area contributed by atoms with Gasteiger partial charge in [-0.1, -0.05) is 0 Å². The summed E-state index contributed by atoms with van der Waals surface area (Å²) in [5.74, 6) is 0.307. The van der Waals surface area contributed by atoms with Gasteiger partial charge in [-0.2, -0.15) is 0 Å². The number of sulfone groups is 1. The van der Waals surface area contributed by atoms with E-state index < -0.39 is 15.3 Å². The molecule has 1 atom stereocenters. The number of aliphatic hydroxyl groups is 1. The number of rotatable bonds is 7. The number of anilines is 3. The lowest BCUT2D eigenvalue weighted by molar-refractivity contribution is -0.114. The molecule has 1 amide bonds. The van der Waals surface area contributed by atoms with Crippen molar-refractivity contribution in [3.8, 4) is 10.6 Å². The number of carbonyl (C=O) groups excluding carboxylic acids is 1. The first-order valence-electron chi connectivity index (χ1n) is 11.7. The van der Waals surface area contributed by atoms with E-state index in [1.54, 1.807) is 18.3 Å². The number of hydrogen-bond donors (Lipinski definition) is 3. The van der Waals surface area contributed by atoms with Crippen molar-refractivity contribution in [1.82, 2.24) is 15.0 Å². The van der Waals surface area contributed by atoms with Crippen LogP contribution in [0.3, 0.4) is 0 Å². The second-order valence-electron chi connectivity index (χ2n) is 9.21. The average molecular weight is 546 g/mol. The van der Waals surface area contributed by atoms with Crippen LogP contribution in [0, 0.1) is 0 Å². The minimum atomic E-state index is -3.66. The van der Waals surface area contributed by atoms with Gasteiger partial charge in [0.25, 0.3) is 0 Å². The van der Waals surface area contributed by atoms with Gasteiger partial charge in [0, 0.05) is 43.9 Å². The van der Waals surface area contributed by atoms with Crippen LogP contribution in [-0.4, -0.2) is 67.1 Å². The summed E-state index contributed by atoms with van der Waals surface area (Å²) < 4.78 is 36.1. The van der Waals surface area contributed by atoms with Crippen LogP contribution in [0.4, 0.5) is 17.3 Å². The molecule has 5 heterocycles. The quantitative estimate of drug-likeness (QED) is 0.403. The lowest BCUT2D eigenvalue weighted by Crippen LogP contribution is -2.31. The van der Waals surface area contributed by atoms with Crippen molar-refractivity contribution in [2.24, 2.45) is 0 Å². The molecule has 11 nitrogen and oxygen atoms in total. The van der Waals surface area contributed by atoms with Crippen LogP contribution in [-0.2, 0) is 42.5 Å². The molecule has 5 rings (SSSR count). The molecular formula is C24H27N5O6S2. The minimum Gasteiger partial charge on any atom is -0.395 e. The summed E-state index contributed by atoms with van der Waals surface area (Å²) >= 11 is 1.50. The summed E-state index contributed by atoms with van der Waals surface area (Å²) in [5.41, 5.74) is 2.08. The highest BCUT2D eigenvalue weighted by Crippen LogP contribution is 2.39. The monoisotopic (exact) mass is 545 g/mol. The summed E-state index contributed by atoms with van der Waals surface area (Å²) in [6.07, 6.45) is 3.98. The maximum atomic E-state index is 12.5. The highest BCUT2D eigenvalue weighted by Gasteiger charge is 2.37. The number of pyridine rings is 2. The lowest BCUT2D eigenvalue weighted by Gasteiger charge is -2.26. The van der Waals surface area contributed by atoms with Gasteiger partial charge < -0.3 is 25.2 Å². The first kappa shape index (κ1) is 25.7. The van der Waals surface area contributed by atoms with Crippen LogP contribution in [0.1, 0.15) is 29.5 Å². The van der Waals surface area contributed by atoms with Crippen molar-refractivity contribution < 1.29 is 27.8 Å². The third-order valence-electron chi connectivity index (χ3n) is 6.40. The summed E-state index contributed by atoms with van der Waals surface area (Å²) in [7, 11) is -3.66. The fourth-order valence-corrected chi connectivity index (χ4v) is 6.05. The van der Waals surface area contributed by atoms with Gasteiger partial charge in [-0.15, -0.1) is 11.3 Å². The molecule has 196 valence electrons. The van der Waals surface area contributed by atoms with E-state index in [0.717, 1.165) is 28.3 Å². The zero-order valence-electron chi connectivity index (χ0n) is 20.4. The standard InChI is InChI=1S/C24H27N5O6S2/c1-14(31)26-20-9-18(16(10-25-20)23-28-17-3-5-34-11-19(17)36-23)27-21-7-15(8-22(29-21)37(2,32)33)24(12-30)4-6-35-13-24/h7-10,30H,3-6,11-13H2,1-2H3,(H2,25,26,27,29,31). The van der Waals surface area contributed by atoms with Gasteiger partial charge >= 0.3 is 0 Å². The molecule has 1 fully saturated rings. The van der Waals surface area contributed by atoms with Crippen molar-refractivity contribution in [3.63, 3.8) is 0 Å². The van der Waals surface area contributed by atoms with Crippen LogP contribution < -0.4 is 10.6 Å². The molecule has 0 aliphatic carbocycles. The Balaban J connectivity index is 1.61. The van der Waals surface area contributed by atoms with E-state index in [0.29, 0.717) is 48.9 Å². The van der Waals surface area contributed by atoms with E-state index in [1.165, 1.54) is 24.3 Å². The number of thiazole rings is 1. The number of hydrogen-bond acceptors (Lipinski definition) is 11. The molecule has 0 spiro atoms. The molecule has 0 bridgehead atoms. The van der Waals surface area contributed by atoms with Crippen LogP contribution in [0.15, 0.2) is 29.4 Å². The SMILES string of the molecule is CC(=O)Nc1cc(Nc2cc(C3(CO)CCOC3)cc(S(C)(=O)=O)n2)c(-c2nc3c(s2)COCC3)cn1. The second-order valence-corrected chi connectivity index (χ2v) is 12.3. The Morgan fingerprint density at radius 1 is 1.19 bits per heavy atom.